The lowest BCUT2D eigenvalue weighted by Crippen LogP contribution is -2.39. The van der Waals surface area contributed by atoms with Gasteiger partial charge in [-0.15, -0.1) is 0 Å². The molecule has 0 aliphatic rings. The summed E-state index contributed by atoms with van der Waals surface area (Å²) in [4.78, 5) is 2.36. The molecule has 0 saturated carbocycles. The Morgan fingerprint density at radius 2 is 1.33 bits per heavy atom. The minimum absolute atomic E-state index is 0.559. The number of hydrogen-bond donors (Lipinski definition) is 1. The highest BCUT2D eigenvalue weighted by molar-refractivity contribution is 4.71. The Labute approximate surface area is 115 Å². The molecule has 0 heterocycles. The molecule has 0 atom stereocenters. The molecule has 0 fully saturated rings. The Hall–Kier alpha value is -0.0800. The molecule has 0 amide bonds. The third kappa shape index (κ3) is 12.4. The second-order valence-corrected chi connectivity index (χ2v) is 6.16. The fourth-order valence-electron chi connectivity index (χ4n) is 2.37. The Balaban J connectivity index is 3.40. The smallest absolute Gasteiger partial charge is 0.0718 e. The summed E-state index contributed by atoms with van der Waals surface area (Å²) in [5.74, 6) is 0. The molecule has 0 radical (unpaired) electrons. The second-order valence-electron chi connectivity index (χ2n) is 6.16. The van der Waals surface area contributed by atoms with E-state index in [4.69, 9.17) is 0 Å². The van der Waals surface area contributed by atoms with Crippen LogP contribution in [0, 0.1) is 0 Å². The van der Waals surface area contributed by atoms with Gasteiger partial charge in [0.05, 0.1) is 5.60 Å². The molecule has 2 heteroatoms. The van der Waals surface area contributed by atoms with E-state index in [1.807, 2.05) is 13.8 Å². The molecule has 0 spiro atoms. The summed E-state index contributed by atoms with van der Waals surface area (Å²) in [5.41, 5.74) is -0.559. The summed E-state index contributed by atoms with van der Waals surface area (Å²) in [6.07, 6.45) is 11.0. The summed E-state index contributed by atoms with van der Waals surface area (Å²) < 4.78 is 0. The van der Waals surface area contributed by atoms with Crippen molar-refractivity contribution in [3.05, 3.63) is 0 Å². The summed E-state index contributed by atoms with van der Waals surface area (Å²) >= 11 is 0. The molecular weight excluding hydrogens is 222 g/mol. The first-order valence-electron chi connectivity index (χ1n) is 7.94. The van der Waals surface area contributed by atoms with Gasteiger partial charge < -0.3 is 10.0 Å². The van der Waals surface area contributed by atoms with Crippen LogP contribution in [0.2, 0.25) is 0 Å². The lowest BCUT2D eigenvalue weighted by Gasteiger charge is -2.27. The zero-order valence-electron chi connectivity index (χ0n) is 13.2. The number of hydrogen-bond acceptors (Lipinski definition) is 2. The van der Waals surface area contributed by atoms with Crippen molar-refractivity contribution in [3.63, 3.8) is 0 Å². The monoisotopic (exact) mass is 257 g/mol. The van der Waals surface area contributed by atoms with E-state index in [0.717, 1.165) is 19.6 Å². The Morgan fingerprint density at radius 1 is 0.833 bits per heavy atom. The number of unbranched alkanes of at least 4 members (excludes halogenated alkanes) is 7. The van der Waals surface area contributed by atoms with E-state index in [-0.39, 0.29) is 0 Å². The third-order valence-electron chi connectivity index (χ3n) is 3.39. The second kappa shape index (κ2) is 10.8. The van der Waals surface area contributed by atoms with Gasteiger partial charge in [-0.3, -0.25) is 0 Å². The summed E-state index contributed by atoms with van der Waals surface area (Å²) in [6, 6.07) is 0. The van der Waals surface area contributed by atoms with Crippen LogP contribution in [-0.4, -0.2) is 35.2 Å². The highest BCUT2D eigenvalue weighted by Crippen LogP contribution is 2.10. The minimum atomic E-state index is -0.559. The molecule has 0 aliphatic heterocycles. The quantitative estimate of drug-likeness (QED) is 0.529. The van der Waals surface area contributed by atoms with Crippen molar-refractivity contribution in [2.45, 2.75) is 84.7 Å². The molecule has 0 aliphatic carbocycles. The number of rotatable bonds is 12. The van der Waals surface area contributed by atoms with Crippen LogP contribution >= 0.6 is 0 Å². The summed E-state index contributed by atoms with van der Waals surface area (Å²) in [5, 5.41) is 9.80. The zero-order chi connectivity index (χ0) is 13.9. The maximum absolute atomic E-state index is 9.80. The lowest BCUT2D eigenvalue weighted by molar-refractivity contribution is 0.0373. The van der Waals surface area contributed by atoms with Crippen molar-refractivity contribution in [2.24, 2.45) is 0 Å². The van der Waals surface area contributed by atoms with Crippen LogP contribution in [0.15, 0.2) is 0 Å². The summed E-state index contributed by atoms with van der Waals surface area (Å²) in [7, 11) is 0. The molecule has 0 bridgehead atoms. The molecule has 110 valence electrons. The van der Waals surface area contributed by atoms with Crippen molar-refractivity contribution in [2.75, 3.05) is 19.6 Å². The van der Waals surface area contributed by atoms with Crippen molar-refractivity contribution in [1.82, 2.24) is 4.90 Å². The maximum Gasteiger partial charge on any atom is 0.0718 e. The Kier molecular flexibility index (Phi) is 10.8. The van der Waals surface area contributed by atoms with Gasteiger partial charge in [0.25, 0.3) is 0 Å². The van der Waals surface area contributed by atoms with E-state index in [1.54, 1.807) is 0 Å². The third-order valence-corrected chi connectivity index (χ3v) is 3.39. The Bertz CT molecular complexity index is 174. The molecule has 0 aromatic carbocycles. The zero-order valence-corrected chi connectivity index (χ0v) is 13.2. The molecule has 18 heavy (non-hydrogen) atoms. The lowest BCUT2D eigenvalue weighted by atomic mass is 10.1. The molecule has 0 rings (SSSR count). The van der Waals surface area contributed by atoms with E-state index in [2.05, 4.69) is 18.7 Å². The molecule has 1 N–H and O–H groups in total. The van der Waals surface area contributed by atoms with Crippen LogP contribution < -0.4 is 0 Å². The molecule has 0 saturated heterocycles. The van der Waals surface area contributed by atoms with Gasteiger partial charge in [-0.05, 0) is 33.4 Å². The highest BCUT2D eigenvalue weighted by atomic mass is 16.3. The molecular formula is C16H35NO. The van der Waals surface area contributed by atoms with Gasteiger partial charge in [0.1, 0.15) is 0 Å². The topological polar surface area (TPSA) is 23.5 Å². The summed E-state index contributed by atoms with van der Waals surface area (Å²) in [6.45, 7) is 11.2. The standard InChI is InChI=1S/C16H35NO/c1-5-7-8-9-10-11-12-13-14-17(6-2)15-16(3,4)18/h18H,5-15H2,1-4H3. The van der Waals surface area contributed by atoms with Gasteiger partial charge in [-0.1, -0.05) is 58.8 Å². The first-order valence-corrected chi connectivity index (χ1v) is 7.94. The van der Waals surface area contributed by atoms with E-state index >= 15 is 0 Å². The largest absolute Gasteiger partial charge is 0.389 e. The van der Waals surface area contributed by atoms with E-state index < -0.39 is 5.60 Å². The van der Waals surface area contributed by atoms with Gasteiger partial charge >= 0.3 is 0 Å². The molecule has 2 nitrogen and oxygen atoms in total. The maximum atomic E-state index is 9.80. The van der Waals surface area contributed by atoms with Gasteiger partial charge in [-0.25, -0.2) is 0 Å². The van der Waals surface area contributed by atoms with Crippen LogP contribution in [0.3, 0.4) is 0 Å². The SMILES string of the molecule is CCCCCCCCCCN(CC)CC(C)(C)O. The van der Waals surface area contributed by atoms with Crippen LogP contribution in [0.4, 0.5) is 0 Å². The molecule has 0 unspecified atom stereocenters. The van der Waals surface area contributed by atoms with Crippen LogP contribution in [0.25, 0.3) is 0 Å². The molecule has 0 aromatic rings. The van der Waals surface area contributed by atoms with Crippen LogP contribution in [-0.2, 0) is 0 Å². The van der Waals surface area contributed by atoms with E-state index in [1.165, 1.54) is 51.4 Å². The van der Waals surface area contributed by atoms with Gasteiger partial charge in [0.15, 0.2) is 0 Å². The predicted molar refractivity (Wildman–Crippen MR) is 81.0 cm³/mol. The van der Waals surface area contributed by atoms with Crippen LogP contribution in [0.1, 0.15) is 79.1 Å². The average molecular weight is 257 g/mol. The van der Waals surface area contributed by atoms with Crippen molar-refractivity contribution in [3.8, 4) is 0 Å². The van der Waals surface area contributed by atoms with Gasteiger partial charge in [-0.2, -0.15) is 0 Å². The number of nitrogens with zero attached hydrogens (tertiary/aromatic N) is 1. The fraction of sp³-hybridized carbons (Fsp3) is 1.00. The Morgan fingerprint density at radius 3 is 1.78 bits per heavy atom. The number of likely N-dealkylation sites (N-methyl/N-ethyl adjacent to an activating group) is 1. The van der Waals surface area contributed by atoms with Crippen molar-refractivity contribution in [1.29, 1.82) is 0 Å². The van der Waals surface area contributed by atoms with E-state index in [0.29, 0.717) is 0 Å². The van der Waals surface area contributed by atoms with Crippen LogP contribution in [0.5, 0.6) is 0 Å². The highest BCUT2D eigenvalue weighted by Gasteiger charge is 2.16. The van der Waals surface area contributed by atoms with Crippen molar-refractivity contribution >= 4 is 0 Å². The predicted octanol–water partition coefficient (Wildman–Crippen LogP) is 4.22. The minimum Gasteiger partial charge on any atom is -0.389 e. The van der Waals surface area contributed by atoms with Gasteiger partial charge in [0.2, 0.25) is 0 Å². The van der Waals surface area contributed by atoms with Gasteiger partial charge in [0, 0.05) is 6.54 Å². The van der Waals surface area contributed by atoms with Crippen molar-refractivity contribution < 1.29 is 5.11 Å². The molecule has 0 aromatic heterocycles. The number of aliphatic hydroxyl groups is 1. The first-order chi connectivity index (χ1) is 8.49. The average Bonchev–Trinajstić information content (AvgIpc) is 2.29. The van der Waals surface area contributed by atoms with E-state index in [9.17, 15) is 5.11 Å². The first kappa shape index (κ1) is 17.9. The normalized spacial score (nSPS) is 12.3. The fourth-order valence-corrected chi connectivity index (χ4v) is 2.37.